The monoisotopic (exact) mass is 553 g/mol. The highest BCUT2D eigenvalue weighted by Crippen LogP contribution is 2.35. The van der Waals surface area contributed by atoms with E-state index in [0.29, 0.717) is 17.0 Å². The summed E-state index contributed by atoms with van der Waals surface area (Å²) in [5.41, 5.74) is 1.79. The first-order chi connectivity index (χ1) is 18.2. The Kier molecular flexibility index (Phi) is 7.99. The van der Waals surface area contributed by atoms with Crippen LogP contribution >= 0.6 is 23.2 Å². The lowest BCUT2D eigenvalue weighted by molar-refractivity contribution is -0.122. The van der Waals surface area contributed by atoms with Crippen molar-refractivity contribution in [2.24, 2.45) is 0 Å². The molecule has 5 amide bonds. The number of para-hydroxylation sites is 1. The van der Waals surface area contributed by atoms with Crippen molar-refractivity contribution in [3.05, 3.63) is 87.4 Å². The zero-order valence-corrected chi connectivity index (χ0v) is 21.7. The molecule has 1 aliphatic heterocycles. The number of benzene rings is 3. The van der Waals surface area contributed by atoms with Gasteiger partial charge in [0, 0.05) is 5.69 Å². The minimum Gasteiger partial charge on any atom is -0.497 e. The summed E-state index contributed by atoms with van der Waals surface area (Å²) < 4.78 is 10.6. The van der Waals surface area contributed by atoms with Gasteiger partial charge in [-0.1, -0.05) is 41.4 Å². The zero-order valence-electron chi connectivity index (χ0n) is 20.2. The van der Waals surface area contributed by atoms with E-state index in [1.165, 1.54) is 37.5 Å². The maximum absolute atomic E-state index is 13.1. The van der Waals surface area contributed by atoms with Crippen molar-refractivity contribution in [2.45, 2.75) is 6.92 Å². The van der Waals surface area contributed by atoms with Crippen LogP contribution in [0.3, 0.4) is 0 Å². The first-order valence-electron chi connectivity index (χ1n) is 11.2. The van der Waals surface area contributed by atoms with Gasteiger partial charge in [0.15, 0.2) is 12.4 Å². The van der Waals surface area contributed by atoms with Gasteiger partial charge in [-0.3, -0.25) is 19.7 Å². The second-order valence-electron chi connectivity index (χ2n) is 8.12. The number of carbonyl (C=O) groups excluding carboxylic acids is 4. The van der Waals surface area contributed by atoms with Gasteiger partial charge >= 0.3 is 6.03 Å². The van der Waals surface area contributed by atoms with Gasteiger partial charge in [0.1, 0.15) is 11.3 Å². The van der Waals surface area contributed by atoms with E-state index < -0.39 is 23.8 Å². The maximum Gasteiger partial charge on any atom is 0.335 e. The summed E-state index contributed by atoms with van der Waals surface area (Å²) in [7, 11) is 1.49. The van der Waals surface area contributed by atoms with Gasteiger partial charge in [0.2, 0.25) is 0 Å². The highest BCUT2D eigenvalue weighted by Gasteiger charge is 2.36. The van der Waals surface area contributed by atoms with Gasteiger partial charge in [-0.05, 0) is 66.6 Å². The molecule has 0 aromatic heterocycles. The molecule has 0 atom stereocenters. The van der Waals surface area contributed by atoms with E-state index in [1.54, 1.807) is 24.3 Å². The van der Waals surface area contributed by atoms with Crippen molar-refractivity contribution in [3.63, 3.8) is 0 Å². The number of imide groups is 2. The van der Waals surface area contributed by atoms with E-state index in [1.807, 2.05) is 19.1 Å². The molecule has 3 aromatic rings. The number of amides is 5. The van der Waals surface area contributed by atoms with E-state index in [-0.39, 0.29) is 33.7 Å². The Labute approximate surface area is 227 Å². The lowest BCUT2D eigenvalue weighted by atomic mass is 10.1. The van der Waals surface area contributed by atoms with Crippen LogP contribution in [0.25, 0.3) is 6.08 Å². The highest BCUT2D eigenvalue weighted by atomic mass is 35.5. The molecule has 0 spiro atoms. The van der Waals surface area contributed by atoms with Crippen LogP contribution in [0.15, 0.2) is 66.2 Å². The molecule has 9 nitrogen and oxygen atoms in total. The van der Waals surface area contributed by atoms with Crippen LogP contribution in [0.2, 0.25) is 10.0 Å². The lowest BCUT2D eigenvalue weighted by Gasteiger charge is -2.26. The van der Waals surface area contributed by atoms with Crippen LogP contribution in [0.5, 0.6) is 11.5 Å². The van der Waals surface area contributed by atoms with Crippen molar-refractivity contribution < 1.29 is 28.7 Å². The summed E-state index contributed by atoms with van der Waals surface area (Å²) in [6.45, 7) is 1.51. The van der Waals surface area contributed by atoms with Crippen LogP contribution < -0.4 is 25.0 Å². The first-order valence-corrected chi connectivity index (χ1v) is 12.0. The van der Waals surface area contributed by atoms with Gasteiger partial charge in [0.05, 0.1) is 22.8 Å². The maximum atomic E-state index is 13.1. The molecule has 194 valence electrons. The number of carbonyl (C=O) groups is 4. The molecular weight excluding hydrogens is 533 g/mol. The Balaban J connectivity index is 1.52. The number of ether oxygens (including phenoxy) is 2. The average molecular weight is 554 g/mol. The first kappa shape index (κ1) is 26.7. The standard InChI is InChI=1S/C27H21Cl2N3O6/c1-15-5-3-4-6-22(15)30-23(33)14-38-24-20(28)12-16(13-21(24)29)11-19-25(34)31-27(36)32(26(19)35)17-7-9-18(37-2)10-8-17/h3-13H,14H2,1-2H3,(H,30,33)(H,31,34,36)/b19-11+. The van der Waals surface area contributed by atoms with Gasteiger partial charge in [-0.15, -0.1) is 0 Å². The molecule has 1 fully saturated rings. The van der Waals surface area contributed by atoms with Gasteiger partial charge in [0.25, 0.3) is 17.7 Å². The molecule has 0 bridgehead atoms. The Bertz CT molecular complexity index is 1450. The molecule has 0 unspecified atom stereocenters. The number of halogens is 2. The number of hydrogen-bond acceptors (Lipinski definition) is 6. The Morgan fingerprint density at radius 2 is 1.68 bits per heavy atom. The van der Waals surface area contributed by atoms with E-state index in [4.69, 9.17) is 32.7 Å². The summed E-state index contributed by atoms with van der Waals surface area (Å²) in [5, 5.41) is 5.00. The lowest BCUT2D eigenvalue weighted by Crippen LogP contribution is -2.54. The fourth-order valence-corrected chi connectivity index (χ4v) is 4.24. The molecule has 3 aromatic carbocycles. The zero-order chi connectivity index (χ0) is 27.4. The minimum atomic E-state index is -0.883. The molecule has 0 saturated carbocycles. The number of nitrogens with zero attached hydrogens (tertiary/aromatic N) is 1. The van der Waals surface area contributed by atoms with E-state index in [9.17, 15) is 19.2 Å². The predicted molar refractivity (Wildman–Crippen MR) is 144 cm³/mol. The third-order valence-corrected chi connectivity index (χ3v) is 6.09. The molecule has 1 heterocycles. The molecule has 38 heavy (non-hydrogen) atoms. The summed E-state index contributed by atoms with van der Waals surface area (Å²) in [4.78, 5) is 51.1. The van der Waals surface area contributed by atoms with Crippen LogP contribution in [0, 0.1) is 6.92 Å². The van der Waals surface area contributed by atoms with E-state index >= 15 is 0 Å². The largest absolute Gasteiger partial charge is 0.497 e. The highest BCUT2D eigenvalue weighted by molar-refractivity contribution is 6.40. The Morgan fingerprint density at radius 1 is 1.03 bits per heavy atom. The molecule has 0 radical (unpaired) electrons. The smallest absolute Gasteiger partial charge is 0.335 e. The average Bonchev–Trinajstić information content (AvgIpc) is 2.87. The van der Waals surface area contributed by atoms with Crippen molar-refractivity contribution in [1.29, 1.82) is 0 Å². The molecule has 1 aliphatic rings. The van der Waals surface area contributed by atoms with Gasteiger partial charge < -0.3 is 14.8 Å². The van der Waals surface area contributed by atoms with Gasteiger partial charge in [-0.25, -0.2) is 9.69 Å². The van der Waals surface area contributed by atoms with Gasteiger partial charge in [-0.2, -0.15) is 0 Å². The number of rotatable bonds is 7. The predicted octanol–water partition coefficient (Wildman–Crippen LogP) is 4.99. The number of aryl methyl sites for hydroxylation is 1. The SMILES string of the molecule is COc1ccc(N2C(=O)NC(=O)/C(=C\c3cc(Cl)c(OCC(=O)Nc4ccccc4C)c(Cl)c3)C2=O)cc1. The number of nitrogens with one attached hydrogen (secondary N) is 2. The van der Waals surface area contributed by atoms with Crippen LogP contribution in [-0.4, -0.2) is 37.5 Å². The molecule has 0 aliphatic carbocycles. The molecule has 1 saturated heterocycles. The Hall–Kier alpha value is -4.34. The van der Waals surface area contributed by atoms with Crippen LogP contribution in [0.4, 0.5) is 16.2 Å². The Morgan fingerprint density at radius 3 is 2.32 bits per heavy atom. The van der Waals surface area contributed by atoms with Crippen molar-refractivity contribution in [2.75, 3.05) is 23.9 Å². The molecular formula is C27H21Cl2N3O6. The number of urea groups is 1. The second kappa shape index (κ2) is 11.4. The second-order valence-corrected chi connectivity index (χ2v) is 8.94. The summed E-state index contributed by atoms with van der Waals surface area (Å²) in [6, 6.07) is 15.4. The van der Waals surface area contributed by atoms with Crippen molar-refractivity contribution in [3.8, 4) is 11.5 Å². The summed E-state index contributed by atoms with van der Waals surface area (Å²) in [5.74, 6) is -1.52. The third kappa shape index (κ3) is 5.80. The topological polar surface area (TPSA) is 114 Å². The number of hydrogen-bond donors (Lipinski definition) is 2. The van der Waals surface area contributed by atoms with Crippen LogP contribution in [0.1, 0.15) is 11.1 Å². The quantitative estimate of drug-likeness (QED) is 0.314. The summed E-state index contributed by atoms with van der Waals surface area (Å²) >= 11 is 12.7. The fourth-order valence-electron chi connectivity index (χ4n) is 3.63. The van der Waals surface area contributed by atoms with Crippen LogP contribution in [-0.2, 0) is 14.4 Å². The normalized spacial score (nSPS) is 14.4. The van der Waals surface area contributed by atoms with Crippen molar-refractivity contribution in [1.82, 2.24) is 5.32 Å². The van der Waals surface area contributed by atoms with E-state index in [0.717, 1.165) is 10.5 Å². The minimum absolute atomic E-state index is 0.0554. The number of methoxy groups -OCH3 is 1. The van der Waals surface area contributed by atoms with Crippen molar-refractivity contribution >= 4 is 64.4 Å². The fraction of sp³-hybridized carbons (Fsp3) is 0.111. The number of anilines is 2. The molecule has 11 heteroatoms. The molecule has 2 N–H and O–H groups in total. The summed E-state index contributed by atoms with van der Waals surface area (Å²) in [6.07, 6.45) is 1.26. The van der Waals surface area contributed by atoms with E-state index in [2.05, 4.69) is 10.6 Å². The molecule has 4 rings (SSSR count). The number of barbiturate groups is 1. The third-order valence-electron chi connectivity index (χ3n) is 5.53.